The molecule has 2 N–H and O–H groups in total. The maximum Gasteiger partial charge on any atom is 0.0187 e. The second kappa shape index (κ2) is 7.67. The van der Waals surface area contributed by atoms with Gasteiger partial charge in [-0.1, -0.05) is 79.1 Å². The third-order valence-corrected chi connectivity index (χ3v) is 5.12. The average Bonchev–Trinajstić information content (AvgIpc) is 2.32. The van der Waals surface area contributed by atoms with Gasteiger partial charge in [0.25, 0.3) is 0 Å². The van der Waals surface area contributed by atoms with Gasteiger partial charge in [0.15, 0.2) is 0 Å². The Morgan fingerprint density at radius 2 is 1.63 bits per heavy atom. The van der Waals surface area contributed by atoms with Crippen molar-refractivity contribution in [3.8, 4) is 0 Å². The van der Waals surface area contributed by atoms with Gasteiger partial charge in [-0.05, 0) is 30.6 Å². The molecule has 1 rings (SSSR count). The highest BCUT2D eigenvalue weighted by Crippen LogP contribution is 2.45. The lowest BCUT2D eigenvalue weighted by Crippen LogP contribution is -2.53. The Bertz CT molecular complexity index is 241. The van der Waals surface area contributed by atoms with Crippen molar-refractivity contribution in [2.75, 3.05) is 0 Å². The highest BCUT2D eigenvalue weighted by Gasteiger charge is 2.42. The lowest BCUT2D eigenvalue weighted by molar-refractivity contribution is 0.0710. The quantitative estimate of drug-likeness (QED) is 0.591. The first-order valence-corrected chi connectivity index (χ1v) is 8.69. The number of unbranched alkanes of at least 4 members (excludes halogenated alkanes) is 5. The van der Waals surface area contributed by atoms with Crippen LogP contribution in [0.3, 0.4) is 0 Å². The van der Waals surface area contributed by atoms with Gasteiger partial charge < -0.3 is 5.73 Å². The summed E-state index contributed by atoms with van der Waals surface area (Å²) in [5.74, 6) is 0.712. The smallest absolute Gasteiger partial charge is 0.0187 e. The molecular weight excluding hydrogens is 230 g/mol. The Labute approximate surface area is 121 Å². The molecule has 0 aliphatic heterocycles. The van der Waals surface area contributed by atoms with Crippen LogP contribution in [0.15, 0.2) is 0 Å². The third kappa shape index (κ3) is 5.45. The van der Waals surface area contributed by atoms with Crippen molar-refractivity contribution in [1.29, 1.82) is 0 Å². The van der Waals surface area contributed by atoms with Crippen LogP contribution in [0.4, 0.5) is 0 Å². The Morgan fingerprint density at radius 1 is 1.00 bits per heavy atom. The third-order valence-electron chi connectivity index (χ3n) is 5.12. The fraction of sp³-hybridized carbons (Fsp3) is 1.00. The van der Waals surface area contributed by atoms with Crippen molar-refractivity contribution in [2.24, 2.45) is 17.1 Å². The zero-order valence-electron chi connectivity index (χ0n) is 13.9. The van der Waals surface area contributed by atoms with E-state index in [-0.39, 0.29) is 5.54 Å². The van der Waals surface area contributed by atoms with Crippen molar-refractivity contribution in [3.05, 3.63) is 0 Å². The van der Waals surface area contributed by atoms with E-state index in [4.69, 9.17) is 5.73 Å². The van der Waals surface area contributed by atoms with E-state index < -0.39 is 0 Å². The summed E-state index contributed by atoms with van der Waals surface area (Å²) >= 11 is 0. The molecule has 0 saturated heterocycles. The van der Waals surface area contributed by atoms with Gasteiger partial charge in [-0.25, -0.2) is 0 Å². The molecule has 1 aliphatic rings. The molecule has 0 aromatic rings. The summed E-state index contributed by atoms with van der Waals surface area (Å²) < 4.78 is 0. The van der Waals surface area contributed by atoms with Gasteiger partial charge in [0.2, 0.25) is 0 Å². The van der Waals surface area contributed by atoms with E-state index >= 15 is 0 Å². The van der Waals surface area contributed by atoms with Gasteiger partial charge in [0.1, 0.15) is 0 Å². The summed E-state index contributed by atoms with van der Waals surface area (Å²) in [6, 6.07) is 0. The van der Waals surface area contributed by atoms with E-state index in [1.807, 2.05) is 0 Å². The minimum absolute atomic E-state index is 0.126. The second-order valence-corrected chi connectivity index (χ2v) is 7.92. The van der Waals surface area contributed by atoms with Crippen molar-refractivity contribution in [1.82, 2.24) is 0 Å². The van der Waals surface area contributed by atoms with Gasteiger partial charge in [-0.2, -0.15) is 0 Å². The first-order valence-electron chi connectivity index (χ1n) is 8.69. The standard InChI is InChI=1S/C18H37N/c1-5-6-7-8-9-11-14-18(19)15-12-10-13-16(18)17(2,3)4/h16H,5-15,19H2,1-4H3. The van der Waals surface area contributed by atoms with Gasteiger partial charge in [-0.3, -0.25) is 0 Å². The molecule has 1 fully saturated rings. The Morgan fingerprint density at radius 3 is 2.26 bits per heavy atom. The molecule has 1 saturated carbocycles. The Kier molecular flexibility index (Phi) is 6.86. The molecule has 0 bridgehead atoms. The normalized spacial score (nSPS) is 28.6. The predicted octanol–water partition coefficient (Wildman–Crippen LogP) is 5.67. The van der Waals surface area contributed by atoms with E-state index in [0.717, 1.165) is 0 Å². The van der Waals surface area contributed by atoms with E-state index in [1.54, 1.807) is 0 Å². The lowest BCUT2D eigenvalue weighted by Gasteiger charge is -2.48. The van der Waals surface area contributed by atoms with Crippen LogP contribution >= 0.6 is 0 Å². The number of rotatable bonds is 7. The molecule has 2 atom stereocenters. The largest absolute Gasteiger partial charge is 0.325 e. The molecule has 0 aromatic carbocycles. The van der Waals surface area contributed by atoms with Crippen LogP contribution in [0.1, 0.15) is 98.3 Å². The summed E-state index contributed by atoms with van der Waals surface area (Å²) in [6.45, 7) is 9.42. The van der Waals surface area contributed by atoms with Gasteiger partial charge in [0, 0.05) is 5.54 Å². The molecular formula is C18H37N. The van der Waals surface area contributed by atoms with Crippen molar-refractivity contribution < 1.29 is 0 Å². The van der Waals surface area contributed by atoms with Crippen molar-refractivity contribution in [2.45, 2.75) is 104 Å². The first-order chi connectivity index (χ1) is 8.90. The van der Waals surface area contributed by atoms with Gasteiger partial charge >= 0.3 is 0 Å². The molecule has 1 heteroatoms. The number of hydrogen-bond acceptors (Lipinski definition) is 1. The highest BCUT2D eigenvalue weighted by atomic mass is 14.8. The summed E-state index contributed by atoms with van der Waals surface area (Å²) in [5.41, 5.74) is 7.33. The summed E-state index contributed by atoms with van der Waals surface area (Å²) in [6.07, 6.45) is 14.9. The molecule has 0 spiro atoms. The maximum atomic E-state index is 6.83. The molecule has 0 aromatic heterocycles. The van der Waals surface area contributed by atoms with Crippen LogP contribution in [-0.2, 0) is 0 Å². The van der Waals surface area contributed by atoms with E-state index in [1.165, 1.54) is 70.6 Å². The summed E-state index contributed by atoms with van der Waals surface area (Å²) in [5, 5.41) is 0. The molecule has 1 nitrogen and oxygen atoms in total. The van der Waals surface area contributed by atoms with E-state index in [9.17, 15) is 0 Å². The van der Waals surface area contributed by atoms with Crippen LogP contribution in [-0.4, -0.2) is 5.54 Å². The van der Waals surface area contributed by atoms with Gasteiger partial charge in [0.05, 0.1) is 0 Å². The molecule has 0 radical (unpaired) electrons. The summed E-state index contributed by atoms with van der Waals surface area (Å²) in [4.78, 5) is 0. The van der Waals surface area contributed by atoms with Crippen molar-refractivity contribution in [3.63, 3.8) is 0 Å². The van der Waals surface area contributed by atoms with Crippen LogP contribution in [0.2, 0.25) is 0 Å². The monoisotopic (exact) mass is 267 g/mol. The maximum absolute atomic E-state index is 6.83. The van der Waals surface area contributed by atoms with Crippen LogP contribution in [0.5, 0.6) is 0 Å². The zero-order valence-corrected chi connectivity index (χ0v) is 13.9. The topological polar surface area (TPSA) is 26.0 Å². The van der Waals surface area contributed by atoms with Crippen molar-refractivity contribution >= 4 is 0 Å². The first kappa shape index (κ1) is 17.0. The van der Waals surface area contributed by atoms with Gasteiger partial charge in [-0.15, -0.1) is 0 Å². The predicted molar refractivity (Wildman–Crippen MR) is 86.3 cm³/mol. The van der Waals surface area contributed by atoms with Crippen LogP contribution < -0.4 is 5.73 Å². The molecule has 114 valence electrons. The highest BCUT2D eigenvalue weighted by molar-refractivity contribution is 4.98. The zero-order chi connectivity index (χ0) is 14.4. The fourth-order valence-electron chi connectivity index (χ4n) is 4.09. The average molecular weight is 268 g/mol. The summed E-state index contributed by atoms with van der Waals surface area (Å²) in [7, 11) is 0. The second-order valence-electron chi connectivity index (χ2n) is 7.92. The Hall–Kier alpha value is -0.0400. The molecule has 19 heavy (non-hydrogen) atoms. The SMILES string of the molecule is CCCCCCCCC1(N)CCCCC1C(C)(C)C. The fourth-order valence-corrected chi connectivity index (χ4v) is 4.09. The molecule has 0 amide bonds. The lowest BCUT2D eigenvalue weighted by atomic mass is 9.61. The number of nitrogens with two attached hydrogens (primary N) is 1. The Balaban J connectivity index is 2.38. The molecule has 2 unspecified atom stereocenters. The minimum atomic E-state index is 0.126. The van der Waals surface area contributed by atoms with E-state index in [2.05, 4.69) is 27.7 Å². The molecule has 1 aliphatic carbocycles. The van der Waals surface area contributed by atoms with Crippen LogP contribution in [0.25, 0.3) is 0 Å². The minimum Gasteiger partial charge on any atom is -0.325 e. The number of hydrogen-bond donors (Lipinski definition) is 1. The molecule has 0 heterocycles. The van der Waals surface area contributed by atoms with Crippen LogP contribution in [0, 0.1) is 11.3 Å². The van der Waals surface area contributed by atoms with E-state index in [0.29, 0.717) is 11.3 Å².